The molecule has 5 aromatic carbocycles. The maximum Gasteiger partial charge on any atom is 0.178 e. The first-order chi connectivity index (χ1) is 17.8. The topological polar surface area (TPSA) is 18.5 Å². The number of ether oxygens (including phenoxy) is 2. The lowest BCUT2D eigenvalue weighted by atomic mass is 9.78. The lowest BCUT2D eigenvalue weighted by Gasteiger charge is -2.38. The van der Waals surface area contributed by atoms with E-state index in [-0.39, 0.29) is 0 Å². The Balaban J connectivity index is 1.52. The van der Waals surface area contributed by atoms with Crippen molar-refractivity contribution in [3.63, 3.8) is 0 Å². The number of rotatable bonds is 3. The molecule has 2 aliphatic rings. The summed E-state index contributed by atoms with van der Waals surface area (Å²) in [6, 6.07) is 36.4. The fraction of sp³-hybridized carbons (Fsp3) is 0.118. The third-order valence-electron chi connectivity index (χ3n) is 7.71. The molecule has 0 amide bonds. The highest BCUT2D eigenvalue weighted by molar-refractivity contribution is 6.06. The van der Waals surface area contributed by atoms with Crippen LogP contribution >= 0.6 is 0 Å². The summed E-state index contributed by atoms with van der Waals surface area (Å²) < 4.78 is 12.7. The minimum Gasteiger partial charge on any atom is -0.497 e. The zero-order valence-electron chi connectivity index (χ0n) is 20.2. The third-order valence-corrected chi connectivity index (χ3v) is 7.71. The van der Waals surface area contributed by atoms with Gasteiger partial charge in [0.15, 0.2) is 5.60 Å². The predicted octanol–water partition coefficient (Wildman–Crippen LogP) is 7.96. The maximum absolute atomic E-state index is 7.26. The number of methoxy groups -OCH3 is 1. The molecule has 1 aliphatic carbocycles. The molecule has 0 spiro atoms. The fourth-order valence-corrected chi connectivity index (χ4v) is 5.96. The van der Waals surface area contributed by atoms with Gasteiger partial charge in [-0.25, -0.2) is 0 Å². The monoisotopic (exact) mass is 466 g/mol. The normalized spacial score (nSPS) is 17.6. The van der Waals surface area contributed by atoms with E-state index in [9.17, 15) is 0 Å². The van der Waals surface area contributed by atoms with E-state index in [1.165, 1.54) is 38.6 Å². The Morgan fingerprint density at radius 2 is 1.39 bits per heavy atom. The van der Waals surface area contributed by atoms with Crippen LogP contribution in [0.5, 0.6) is 11.5 Å². The summed E-state index contributed by atoms with van der Waals surface area (Å²) in [7, 11) is 1.70. The van der Waals surface area contributed by atoms with Crippen molar-refractivity contribution >= 4 is 16.8 Å². The average Bonchev–Trinajstić information content (AvgIpc) is 2.97. The zero-order valence-corrected chi connectivity index (χ0v) is 20.2. The van der Waals surface area contributed by atoms with Crippen LogP contribution in [0.25, 0.3) is 28.0 Å². The van der Waals surface area contributed by atoms with E-state index in [2.05, 4.69) is 103 Å². The quantitative estimate of drug-likeness (QED) is 0.268. The lowest BCUT2D eigenvalue weighted by molar-refractivity contribution is 0.159. The smallest absolute Gasteiger partial charge is 0.178 e. The summed E-state index contributed by atoms with van der Waals surface area (Å²) in [5.41, 5.74) is 7.98. The van der Waals surface area contributed by atoms with Gasteiger partial charge in [-0.05, 0) is 64.6 Å². The van der Waals surface area contributed by atoms with Crippen LogP contribution in [-0.4, -0.2) is 7.11 Å². The summed E-state index contributed by atoms with van der Waals surface area (Å²) in [4.78, 5) is 0. The van der Waals surface area contributed by atoms with Crippen LogP contribution in [0.3, 0.4) is 0 Å². The molecular formula is C34H26O2. The summed E-state index contributed by atoms with van der Waals surface area (Å²) in [6.07, 6.45) is 6.48. The first-order valence-corrected chi connectivity index (χ1v) is 12.5. The second kappa shape index (κ2) is 8.13. The van der Waals surface area contributed by atoms with E-state index in [0.29, 0.717) is 0 Å². The fourth-order valence-electron chi connectivity index (χ4n) is 5.96. The molecule has 1 unspecified atom stereocenters. The van der Waals surface area contributed by atoms with Gasteiger partial charge in [0.2, 0.25) is 0 Å². The standard InChI is InChI=1S/C34H26O2/c1-35-26-18-16-25(17-19-26)34(24-10-3-2-4-11-24)22-21-30-28-13-7-8-14-29(28)32-27-12-6-5-9-23(27)15-20-31(32)33(30)36-34/h2-14,16-19,21-22H,15,20H2,1H3. The zero-order chi connectivity index (χ0) is 24.1. The predicted molar refractivity (Wildman–Crippen MR) is 147 cm³/mol. The molecule has 0 bridgehead atoms. The molecule has 0 saturated carbocycles. The number of aryl methyl sites for hydroxylation is 1. The van der Waals surface area contributed by atoms with Gasteiger partial charge in [0, 0.05) is 22.3 Å². The first-order valence-electron chi connectivity index (χ1n) is 12.5. The van der Waals surface area contributed by atoms with Gasteiger partial charge in [-0.3, -0.25) is 0 Å². The molecule has 2 nitrogen and oxygen atoms in total. The molecule has 1 heterocycles. The van der Waals surface area contributed by atoms with E-state index in [4.69, 9.17) is 9.47 Å². The molecule has 2 heteroatoms. The third kappa shape index (κ3) is 3.04. The Morgan fingerprint density at radius 1 is 0.694 bits per heavy atom. The molecule has 0 N–H and O–H groups in total. The highest BCUT2D eigenvalue weighted by Crippen LogP contribution is 2.51. The molecule has 0 radical (unpaired) electrons. The lowest BCUT2D eigenvalue weighted by Crippen LogP contribution is -2.35. The van der Waals surface area contributed by atoms with E-state index < -0.39 is 5.60 Å². The molecule has 174 valence electrons. The van der Waals surface area contributed by atoms with Gasteiger partial charge in [-0.1, -0.05) is 91.0 Å². The van der Waals surface area contributed by atoms with Crippen LogP contribution in [0, 0.1) is 0 Å². The van der Waals surface area contributed by atoms with E-state index >= 15 is 0 Å². The Kier molecular flexibility index (Phi) is 4.75. The van der Waals surface area contributed by atoms with E-state index in [0.717, 1.165) is 35.5 Å². The number of benzene rings is 5. The van der Waals surface area contributed by atoms with Crippen molar-refractivity contribution in [2.75, 3.05) is 7.11 Å². The molecule has 5 aromatic rings. The summed E-state index contributed by atoms with van der Waals surface area (Å²) >= 11 is 0. The molecule has 0 saturated heterocycles. The maximum atomic E-state index is 7.26. The average molecular weight is 467 g/mol. The Labute approximate surface area is 211 Å². The van der Waals surface area contributed by atoms with Crippen molar-refractivity contribution in [1.82, 2.24) is 0 Å². The second-order valence-electron chi connectivity index (χ2n) is 9.56. The first kappa shape index (κ1) is 21.0. The van der Waals surface area contributed by atoms with Crippen molar-refractivity contribution in [3.05, 3.63) is 137 Å². The molecule has 0 aromatic heterocycles. The Morgan fingerprint density at radius 3 is 2.19 bits per heavy atom. The number of hydrogen-bond acceptors (Lipinski definition) is 2. The molecular weight excluding hydrogens is 440 g/mol. The highest BCUT2D eigenvalue weighted by atomic mass is 16.5. The van der Waals surface area contributed by atoms with Crippen LogP contribution in [-0.2, 0) is 18.4 Å². The summed E-state index contributed by atoms with van der Waals surface area (Å²) in [6.45, 7) is 0. The second-order valence-corrected chi connectivity index (χ2v) is 9.56. The van der Waals surface area contributed by atoms with Crippen molar-refractivity contribution in [2.24, 2.45) is 0 Å². The molecule has 1 aliphatic heterocycles. The summed E-state index contributed by atoms with van der Waals surface area (Å²) in [5.74, 6) is 1.84. The van der Waals surface area contributed by atoms with Gasteiger partial charge < -0.3 is 9.47 Å². The Bertz CT molecular complexity index is 1630. The Hall–Kier alpha value is -4.30. The van der Waals surface area contributed by atoms with Crippen LogP contribution in [0.15, 0.2) is 109 Å². The van der Waals surface area contributed by atoms with E-state index in [1.807, 2.05) is 12.1 Å². The van der Waals surface area contributed by atoms with Gasteiger partial charge in [0.1, 0.15) is 11.5 Å². The van der Waals surface area contributed by atoms with Gasteiger partial charge in [-0.2, -0.15) is 0 Å². The van der Waals surface area contributed by atoms with Gasteiger partial charge in [0.25, 0.3) is 0 Å². The van der Waals surface area contributed by atoms with Crippen LogP contribution in [0.1, 0.15) is 27.8 Å². The molecule has 36 heavy (non-hydrogen) atoms. The van der Waals surface area contributed by atoms with E-state index in [1.54, 1.807) is 7.11 Å². The number of hydrogen-bond donors (Lipinski definition) is 0. The number of fused-ring (bicyclic) bond motifs is 8. The van der Waals surface area contributed by atoms with Crippen molar-refractivity contribution in [1.29, 1.82) is 0 Å². The van der Waals surface area contributed by atoms with Crippen LogP contribution < -0.4 is 9.47 Å². The minimum absolute atomic E-state index is 0.728. The molecule has 0 fully saturated rings. The van der Waals surface area contributed by atoms with Crippen molar-refractivity contribution in [2.45, 2.75) is 18.4 Å². The van der Waals surface area contributed by atoms with Crippen LogP contribution in [0.2, 0.25) is 0 Å². The SMILES string of the molecule is COc1ccc(C2(c3ccccc3)C=Cc3c(c4c(c5ccccc35)-c3ccccc3CC4)O2)cc1. The van der Waals surface area contributed by atoms with Crippen molar-refractivity contribution in [3.8, 4) is 22.6 Å². The van der Waals surface area contributed by atoms with Crippen molar-refractivity contribution < 1.29 is 9.47 Å². The van der Waals surface area contributed by atoms with Gasteiger partial charge in [-0.15, -0.1) is 0 Å². The summed E-state index contributed by atoms with van der Waals surface area (Å²) in [5, 5.41) is 2.53. The largest absolute Gasteiger partial charge is 0.497 e. The van der Waals surface area contributed by atoms with Crippen LogP contribution in [0.4, 0.5) is 0 Å². The highest BCUT2D eigenvalue weighted by Gasteiger charge is 2.39. The molecule has 1 atom stereocenters. The van der Waals surface area contributed by atoms with Gasteiger partial charge in [0.05, 0.1) is 7.11 Å². The van der Waals surface area contributed by atoms with Gasteiger partial charge >= 0.3 is 0 Å². The molecule has 7 rings (SSSR count). The minimum atomic E-state index is -0.728.